The van der Waals surface area contributed by atoms with E-state index in [1.54, 1.807) is 21.7 Å². The minimum absolute atomic E-state index is 0.0618. The highest BCUT2D eigenvalue weighted by atomic mass is 32.1. The van der Waals surface area contributed by atoms with Crippen LogP contribution in [-0.4, -0.2) is 34.7 Å². The molecule has 4 rings (SSSR count). The largest absolute Gasteiger partial charge is 0.484 e. The van der Waals surface area contributed by atoms with Crippen molar-refractivity contribution in [2.24, 2.45) is 7.05 Å². The number of anilines is 1. The monoisotopic (exact) mass is 396 g/mol. The van der Waals surface area contributed by atoms with Crippen LogP contribution in [-0.2, 0) is 11.8 Å². The summed E-state index contributed by atoms with van der Waals surface area (Å²) in [6.07, 6.45) is 2.47. The van der Waals surface area contributed by atoms with Gasteiger partial charge in [-0.2, -0.15) is 16.4 Å². The lowest BCUT2D eigenvalue weighted by molar-refractivity contribution is -0.123. The molecule has 28 heavy (non-hydrogen) atoms. The fraction of sp³-hybridized carbons (Fsp3) is 0.250. The van der Waals surface area contributed by atoms with Gasteiger partial charge in [-0.1, -0.05) is 18.2 Å². The molecule has 1 aromatic carbocycles. The third-order valence-electron chi connectivity index (χ3n) is 4.57. The maximum absolute atomic E-state index is 12.8. The molecular weight excluding hydrogens is 376 g/mol. The Morgan fingerprint density at radius 1 is 1.29 bits per heavy atom. The topological polar surface area (TPSA) is 76.5 Å². The van der Waals surface area contributed by atoms with E-state index in [0.717, 1.165) is 5.56 Å². The quantitative estimate of drug-likeness (QED) is 0.720. The highest BCUT2D eigenvalue weighted by molar-refractivity contribution is 7.08. The molecule has 0 spiro atoms. The van der Waals surface area contributed by atoms with Gasteiger partial charge in [0, 0.05) is 30.7 Å². The molecule has 3 aromatic rings. The highest BCUT2D eigenvalue weighted by Crippen LogP contribution is 2.33. The van der Waals surface area contributed by atoms with Gasteiger partial charge in [0.15, 0.2) is 12.4 Å². The molecule has 1 aliphatic heterocycles. The number of carbonyl (C=O) groups excluding carboxylic acids is 2. The Hall–Kier alpha value is -3.13. The smallest absolute Gasteiger partial charge is 0.260 e. The molecule has 144 valence electrons. The van der Waals surface area contributed by atoms with Crippen molar-refractivity contribution in [2.45, 2.75) is 12.5 Å². The predicted molar refractivity (Wildman–Crippen MR) is 107 cm³/mol. The maximum Gasteiger partial charge on any atom is 0.260 e. The summed E-state index contributed by atoms with van der Waals surface area (Å²) in [5.74, 6) is 0.967. The van der Waals surface area contributed by atoms with Crippen molar-refractivity contribution in [3.05, 3.63) is 64.5 Å². The molecule has 3 heterocycles. The average Bonchev–Trinajstić information content (AvgIpc) is 3.36. The van der Waals surface area contributed by atoms with Crippen LogP contribution in [0.15, 0.2) is 53.4 Å². The van der Waals surface area contributed by atoms with Gasteiger partial charge in [0.1, 0.15) is 5.75 Å². The van der Waals surface area contributed by atoms with Gasteiger partial charge < -0.3 is 10.1 Å². The highest BCUT2D eigenvalue weighted by Gasteiger charge is 2.33. The van der Waals surface area contributed by atoms with E-state index in [-0.39, 0.29) is 24.5 Å². The zero-order valence-corrected chi connectivity index (χ0v) is 16.2. The van der Waals surface area contributed by atoms with Crippen molar-refractivity contribution in [3.8, 4) is 5.75 Å². The van der Waals surface area contributed by atoms with Gasteiger partial charge in [-0.25, -0.2) is 0 Å². The van der Waals surface area contributed by atoms with Gasteiger partial charge in [0.2, 0.25) is 0 Å². The Balaban J connectivity index is 1.46. The molecule has 1 atom stereocenters. The molecule has 1 aliphatic rings. The van der Waals surface area contributed by atoms with Gasteiger partial charge in [-0.05, 0) is 30.0 Å². The number of ether oxygens (including phenoxy) is 1. The first-order valence-electron chi connectivity index (χ1n) is 8.96. The van der Waals surface area contributed by atoms with Crippen molar-refractivity contribution in [1.82, 2.24) is 15.1 Å². The summed E-state index contributed by atoms with van der Waals surface area (Å²) in [6, 6.07) is 10.8. The number of amides is 2. The van der Waals surface area contributed by atoms with Crippen LogP contribution < -0.4 is 15.0 Å². The number of nitrogens with zero attached hydrogens (tertiary/aromatic N) is 3. The van der Waals surface area contributed by atoms with Crippen molar-refractivity contribution in [3.63, 3.8) is 0 Å². The Morgan fingerprint density at radius 3 is 2.86 bits per heavy atom. The van der Waals surface area contributed by atoms with Gasteiger partial charge in [0.05, 0.1) is 11.6 Å². The summed E-state index contributed by atoms with van der Waals surface area (Å²) in [5.41, 5.74) is 1.49. The van der Waals surface area contributed by atoms with Crippen molar-refractivity contribution >= 4 is 29.0 Å². The fourth-order valence-electron chi connectivity index (χ4n) is 3.26. The molecule has 0 bridgehead atoms. The second-order valence-electron chi connectivity index (χ2n) is 6.56. The van der Waals surface area contributed by atoms with E-state index in [2.05, 4.69) is 10.4 Å². The summed E-state index contributed by atoms with van der Waals surface area (Å²) in [7, 11) is 1.81. The standard InChI is InChI=1S/C20H20N4O3S/c1-23-11-16-17(21-18(25)12-27-15-5-3-2-4-6-15)7-9-24(19(16)22-23)20(26)14-8-10-28-13-14/h2-6,8,10-11,13,17H,7,9,12H2,1H3,(H,21,25)/t17-/m0/s1. The number of aryl methyl sites for hydroxylation is 1. The second-order valence-corrected chi connectivity index (χ2v) is 7.34. The maximum atomic E-state index is 12.8. The number of thiophene rings is 1. The Bertz CT molecular complexity index is 969. The zero-order valence-electron chi connectivity index (χ0n) is 15.4. The number of aromatic nitrogens is 2. The molecule has 2 amide bonds. The Labute approximate surface area is 166 Å². The molecule has 0 saturated heterocycles. The van der Waals surface area contributed by atoms with E-state index in [4.69, 9.17) is 4.74 Å². The van der Waals surface area contributed by atoms with Crippen LogP contribution in [0.4, 0.5) is 5.82 Å². The average molecular weight is 396 g/mol. The number of carbonyl (C=O) groups is 2. The number of fused-ring (bicyclic) bond motifs is 1. The third kappa shape index (κ3) is 3.77. The van der Waals surface area contributed by atoms with Crippen LogP contribution in [0.25, 0.3) is 0 Å². The van der Waals surface area contributed by atoms with Crippen LogP contribution >= 0.6 is 11.3 Å². The number of hydrogen-bond donors (Lipinski definition) is 1. The molecule has 0 saturated carbocycles. The number of rotatable bonds is 5. The fourth-order valence-corrected chi connectivity index (χ4v) is 3.89. The predicted octanol–water partition coefficient (Wildman–Crippen LogP) is 2.77. The van der Waals surface area contributed by atoms with Crippen LogP contribution in [0.5, 0.6) is 5.75 Å². The minimum atomic E-state index is -0.207. The van der Waals surface area contributed by atoms with E-state index >= 15 is 0 Å². The molecule has 1 N–H and O–H groups in total. The van der Waals surface area contributed by atoms with E-state index < -0.39 is 0 Å². The summed E-state index contributed by atoms with van der Waals surface area (Å²) in [4.78, 5) is 26.8. The van der Waals surface area contributed by atoms with Gasteiger partial charge >= 0.3 is 0 Å². The van der Waals surface area contributed by atoms with E-state index in [1.807, 2.05) is 48.3 Å². The van der Waals surface area contributed by atoms with Gasteiger partial charge in [0.25, 0.3) is 11.8 Å². The van der Waals surface area contributed by atoms with E-state index in [0.29, 0.717) is 30.1 Å². The van der Waals surface area contributed by atoms with E-state index in [9.17, 15) is 9.59 Å². The molecule has 2 aromatic heterocycles. The second kappa shape index (κ2) is 7.85. The summed E-state index contributed by atoms with van der Waals surface area (Å²) >= 11 is 1.49. The van der Waals surface area contributed by atoms with Crippen LogP contribution in [0.2, 0.25) is 0 Å². The first-order chi connectivity index (χ1) is 13.6. The third-order valence-corrected chi connectivity index (χ3v) is 5.25. The summed E-state index contributed by atoms with van der Waals surface area (Å²) in [5, 5.41) is 11.2. The molecule has 8 heteroatoms. The van der Waals surface area contributed by atoms with Crippen LogP contribution in [0.1, 0.15) is 28.4 Å². The SMILES string of the molecule is Cn1cc2c(n1)N(C(=O)c1ccsc1)CC[C@@H]2NC(=O)COc1ccccc1. The lowest BCUT2D eigenvalue weighted by Crippen LogP contribution is -2.41. The molecule has 0 radical (unpaired) electrons. The molecule has 0 aliphatic carbocycles. The Kier molecular flexibility index (Phi) is 5.12. The molecule has 7 nitrogen and oxygen atoms in total. The Morgan fingerprint density at radius 2 is 2.11 bits per heavy atom. The normalized spacial score (nSPS) is 15.8. The molecular formula is C20H20N4O3S. The zero-order chi connectivity index (χ0) is 19.5. The lowest BCUT2D eigenvalue weighted by atomic mass is 10.0. The minimum Gasteiger partial charge on any atom is -0.484 e. The first kappa shape index (κ1) is 18.2. The summed E-state index contributed by atoms with van der Waals surface area (Å²) in [6.45, 7) is 0.427. The van der Waals surface area contributed by atoms with Crippen LogP contribution in [0.3, 0.4) is 0 Å². The number of para-hydroxylation sites is 1. The summed E-state index contributed by atoms with van der Waals surface area (Å²) < 4.78 is 7.18. The van der Waals surface area contributed by atoms with E-state index in [1.165, 1.54) is 11.3 Å². The number of hydrogen-bond acceptors (Lipinski definition) is 5. The lowest BCUT2D eigenvalue weighted by Gasteiger charge is -2.31. The van der Waals surface area contributed by atoms with Crippen LogP contribution in [0, 0.1) is 0 Å². The van der Waals surface area contributed by atoms with Gasteiger partial charge in [-0.15, -0.1) is 0 Å². The first-order valence-corrected chi connectivity index (χ1v) is 9.91. The molecule has 0 fully saturated rings. The van der Waals surface area contributed by atoms with Crippen molar-refractivity contribution in [2.75, 3.05) is 18.1 Å². The molecule has 0 unspecified atom stereocenters. The van der Waals surface area contributed by atoms with Crippen molar-refractivity contribution in [1.29, 1.82) is 0 Å². The van der Waals surface area contributed by atoms with Gasteiger partial charge in [-0.3, -0.25) is 19.2 Å². The number of nitrogens with one attached hydrogen (secondary N) is 1. The number of benzene rings is 1. The van der Waals surface area contributed by atoms with Crippen molar-refractivity contribution < 1.29 is 14.3 Å².